The van der Waals surface area contributed by atoms with Crippen LogP contribution in [-0.2, 0) is 13.1 Å². The Labute approximate surface area is 162 Å². The van der Waals surface area contributed by atoms with Crippen molar-refractivity contribution in [2.24, 2.45) is 5.92 Å². The van der Waals surface area contributed by atoms with Crippen molar-refractivity contribution in [3.05, 3.63) is 74.4 Å². The van der Waals surface area contributed by atoms with Gasteiger partial charge in [0.05, 0.1) is 12.6 Å². The van der Waals surface area contributed by atoms with Crippen LogP contribution in [0.5, 0.6) is 5.75 Å². The Balaban J connectivity index is 1.42. The number of hydrogen-bond donors (Lipinski definition) is 1. The van der Waals surface area contributed by atoms with Crippen LogP contribution in [0.25, 0.3) is 10.9 Å². The van der Waals surface area contributed by atoms with E-state index in [1.807, 2.05) is 34.9 Å². The van der Waals surface area contributed by atoms with Crippen LogP contribution in [0.4, 0.5) is 0 Å². The smallest absolute Gasteiger partial charge is 0.252 e. The summed E-state index contributed by atoms with van der Waals surface area (Å²) in [6.07, 6.45) is 1.12. The third kappa shape index (κ3) is 2.94. The molecule has 6 heteroatoms. The quantitative estimate of drug-likeness (QED) is 0.761. The van der Waals surface area contributed by atoms with Crippen molar-refractivity contribution < 1.29 is 4.74 Å². The molecule has 0 radical (unpaired) electrons. The third-order valence-corrected chi connectivity index (χ3v) is 6.08. The number of hydrogen-bond acceptors (Lipinski definition) is 4. The number of H-pyrrole nitrogens is 1. The zero-order valence-electron chi connectivity index (χ0n) is 15.9. The van der Waals surface area contributed by atoms with Crippen molar-refractivity contribution in [1.82, 2.24) is 14.5 Å². The fraction of sp³-hybridized carbons (Fsp3) is 0.364. The van der Waals surface area contributed by atoms with Gasteiger partial charge in [0.15, 0.2) is 0 Å². The molecule has 2 aliphatic rings. The van der Waals surface area contributed by atoms with Gasteiger partial charge >= 0.3 is 0 Å². The molecule has 28 heavy (non-hydrogen) atoms. The Morgan fingerprint density at radius 1 is 1.11 bits per heavy atom. The van der Waals surface area contributed by atoms with Gasteiger partial charge in [-0.15, -0.1) is 0 Å². The van der Waals surface area contributed by atoms with E-state index in [2.05, 4.69) is 16.0 Å². The van der Waals surface area contributed by atoms with Gasteiger partial charge in [-0.3, -0.25) is 14.5 Å². The summed E-state index contributed by atoms with van der Waals surface area (Å²) in [4.78, 5) is 30.2. The Bertz CT molecular complexity index is 1160. The highest BCUT2D eigenvalue weighted by Gasteiger charge is 2.34. The number of piperidine rings is 1. The van der Waals surface area contributed by atoms with Crippen LogP contribution in [-0.4, -0.2) is 34.7 Å². The van der Waals surface area contributed by atoms with E-state index < -0.39 is 0 Å². The summed E-state index contributed by atoms with van der Waals surface area (Å²) in [6, 6.07) is 13.3. The normalized spacial score (nSPS) is 21.5. The number of pyridine rings is 2. The average molecular weight is 377 g/mol. The Morgan fingerprint density at radius 2 is 2.00 bits per heavy atom. The first-order valence-electron chi connectivity index (χ1n) is 9.73. The fourth-order valence-electron chi connectivity index (χ4n) is 4.84. The molecule has 2 bridgehead atoms. The van der Waals surface area contributed by atoms with Crippen molar-refractivity contribution in [3.63, 3.8) is 0 Å². The van der Waals surface area contributed by atoms with Gasteiger partial charge in [0.2, 0.25) is 0 Å². The number of nitrogens with zero attached hydrogens (tertiary/aromatic N) is 2. The number of methoxy groups -OCH3 is 1. The van der Waals surface area contributed by atoms with Gasteiger partial charge in [0.1, 0.15) is 5.75 Å². The minimum absolute atomic E-state index is 0.0481. The van der Waals surface area contributed by atoms with Crippen molar-refractivity contribution >= 4 is 10.9 Å². The first-order valence-corrected chi connectivity index (χ1v) is 9.73. The average Bonchev–Trinajstić information content (AvgIpc) is 2.69. The molecule has 2 aromatic heterocycles. The number of fused-ring (bicyclic) bond motifs is 5. The minimum atomic E-state index is -0.0481. The zero-order valence-corrected chi connectivity index (χ0v) is 15.9. The van der Waals surface area contributed by atoms with E-state index in [0.717, 1.165) is 54.0 Å². The van der Waals surface area contributed by atoms with E-state index >= 15 is 0 Å². The first-order chi connectivity index (χ1) is 13.6. The molecule has 5 rings (SSSR count). The number of rotatable bonds is 3. The van der Waals surface area contributed by atoms with Gasteiger partial charge in [0.25, 0.3) is 11.1 Å². The Hall–Kier alpha value is -2.86. The molecule has 0 saturated carbocycles. The maximum absolute atomic E-state index is 12.6. The van der Waals surface area contributed by atoms with Crippen LogP contribution in [0.15, 0.2) is 52.1 Å². The molecule has 1 N–H and O–H groups in total. The van der Waals surface area contributed by atoms with Crippen LogP contribution >= 0.6 is 0 Å². The lowest BCUT2D eigenvalue weighted by atomic mass is 9.83. The lowest BCUT2D eigenvalue weighted by Crippen LogP contribution is -2.47. The molecule has 144 valence electrons. The monoisotopic (exact) mass is 377 g/mol. The molecule has 4 heterocycles. The highest BCUT2D eigenvalue weighted by molar-refractivity contribution is 5.80. The van der Waals surface area contributed by atoms with Crippen molar-refractivity contribution in [3.8, 4) is 5.75 Å². The molecule has 1 aromatic carbocycles. The van der Waals surface area contributed by atoms with Gasteiger partial charge < -0.3 is 14.3 Å². The van der Waals surface area contributed by atoms with Crippen LogP contribution in [0.3, 0.4) is 0 Å². The van der Waals surface area contributed by atoms with Gasteiger partial charge in [-0.1, -0.05) is 6.07 Å². The summed E-state index contributed by atoms with van der Waals surface area (Å²) in [5.74, 6) is 1.54. The molecule has 0 amide bonds. The largest absolute Gasteiger partial charge is 0.497 e. The Kier molecular flexibility index (Phi) is 4.09. The van der Waals surface area contributed by atoms with E-state index in [0.29, 0.717) is 18.4 Å². The number of aromatic nitrogens is 2. The van der Waals surface area contributed by atoms with Crippen LogP contribution < -0.4 is 15.9 Å². The standard InChI is InChI=1S/C22H23N3O3/c1-28-18-6-5-15-8-17(22(27)23-19(15)9-18)13-24-10-14-7-16(12-24)20-3-2-4-21(26)25(20)11-14/h2-6,8-9,14,16H,7,10-13H2,1H3,(H,23,27)/t14-,16+/m1/s1. The van der Waals surface area contributed by atoms with E-state index in [-0.39, 0.29) is 11.1 Å². The SMILES string of the molecule is COc1ccc2cc(CN3C[C@H]4C[C@@H](C3)c3cccc(=O)n3C4)c(=O)[nH]c2c1. The summed E-state index contributed by atoms with van der Waals surface area (Å²) in [5.41, 5.74) is 2.75. The maximum Gasteiger partial charge on any atom is 0.252 e. The number of nitrogens with one attached hydrogen (secondary N) is 1. The molecule has 1 fully saturated rings. The third-order valence-electron chi connectivity index (χ3n) is 6.08. The van der Waals surface area contributed by atoms with E-state index in [4.69, 9.17) is 4.74 Å². The van der Waals surface area contributed by atoms with Crippen molar-refractivity contribution in [1.29, 1.82) is 0 Å². The molecule has 2 atom stereocenters. The van der Waals surface area contributed by atoms with E-state index in [9.17, 15) is 9.59 Å². The topological polar surface area (TPSA) is 67.3 Å². The number of ether oxygens (including phenoxy) is 1. The highest BCUT2D eigenvalue weighted by atomic mass is 16.5. The molecule has 2 aliphatic heterocycles. The second-order valence-electron chi connectivity index (χ2n) is 7.97. The highest BCUT2D eigenvalue weighted by Crippen LogP contribution is 2.35. The molecule has 0 unspecified atom stereocenters. The van der Waals surface area contributed by atoms with Gasteiger partial charge in [-0.2, -0.15) is 0 Å². The molecule has 3 aromatic rings. The number of likely N-dealkylation sites (tertiary alicyclic amines) is 1. The molecule has 1 saturated heterocycles. The lowest BCUT2D eigenvalue weighted by molar-refractivity contribution is 0.114. The van der Waals surface area contributed by atoms with E-state index in [1.54, 1.807) is 13.2 Å². The van der Waals surface area contributed by atoms with Crippen molar-refractivity contribution in [2.45, 2.75) is 25.4 Å². The van der Waals surface area contributed by atoms with Crippen LogP contribution in [0.2, 0.25) is 0 Å². The molecular weight excluding hydrogens is 354 g/mol. The summed E-state index contributed by atoms with van der Waals surface area (Å²) < 4.78 is 7.18. The number of benzene rings is 1. The molecule has 6 nitrogen and oxygen atoms in total. The number of aromatic amines is 1. The summed E-state index contributed by atoms with van der Waals surface area (Å²) in [6.45, 7) is 3.19. The summed E-state index contributed by atoms with van der Waals surface area (Å²) in [5, 5.41) is 1.00. The van der Waals surface area contributed by atoms with Crippen LogP contribution in [0.1, 0.15) is 23.6 Å². The van der Waals surface area contributed by atoms with Gasteiger partial charge in [0, 0.05) is 55.5 Å². The Morgan fingerprint density at radius 3 is 2.86 bits per heavy atom. The van der Waals surface area contributed by atoms with Crippen molar-refractivity contribution in [2.75, 3.05) is 20.2 Å². The second-order valence-corrected chi connectivity index (χ2v) is 7.97. The summed E-state index contributed by atoms with van der Waals surface area (Å²) in [7, 11) is 1.62. The molecular formula is C22H23N3O3. The second kappa shape index (κ2) is 6.63. The fourth-order valence-corrected chi connectivity index (χ4v) is 4.84. The summed E-state index contributed by atoms with van der Waals surface area (Å²) >= 11 is 0. The molecule has 0 spiro atoms. The first kappa shape index (κ1) is 17.3. The molecule has 0 aliphatic carbocycles. The van der Waals surface area contributed by atoms with E-state index in [1.165, 1.54) is 0 Å². The predicted molar refractivity (Wildman–Crippen MR) is 108 cm³/mol. The van der Waals surface area contributed by atoms with Crippen LogP contribution in [0, 0.1) is 5.92 Å². The van der Waals surface area contributed by atoms with Gasteiger partial charge in [-0.25, -0.2) is 0 Å². The lowest BCUT2D eigenvalue weighted by Gasteiger charge is -2.42. The minimum Gasteiger partial charge on any atom is -0.497 e. The predicted octanol–water partition coefficient (Wildman–Crippen LogP) is 2.32. The maximum atomic E-state index is 12.6. The van der Waals surface area contributed by atoms with Gasteiger partial charge in [-0.05, 0) is 42.0 Å². The zero-order chi connectivity index (χ0) is 19.3.